The van der Waals surface area contributed by atoms with Crippen LogP contribution in [0.1, 0.15) is 18.6 Å². The van der Waals surface area contributed by atoms with Gasteiger partial charge >= 0.3 is 0 Å². The van der Waals surface area contributed by atoms with Crippen LogP contribution in [0.25, 0.3) is 0 Å². The lowest BCUT2D eigenvalue weighted by molar-refractivity contribution is 0.0381. The van der Waals surface area contributed by atoms with E-state index >= 15 is 0 Å². The molecule has 0 N–H and O–H groups in total. The van der Waals surface area contributed by atoms with Crippen molar-refractivity contribution >= 4 is 15.9 Å². The molecule has 0 amide bonds. The molecule has 2 heterocycles. The number of hydrogen-bond acceptors (Lipinski definition) is 4. The number of ether oxygens (including phenoxy) is 1. The summed E-state index contributed by atoms with van der Waals surface area (Å²) in [7, 11) is 2.12. The smallest absolute Gasteiger partial charge is 0.151 e. The SMILES string of the molecule is CN(Cc1cc(Br)no1)C1CCOCC1. The molecule has 1 aromatic heterocycles. The van der Waals surface area contributed by atoms with Gasteiger partial charge in [0.2, 0.25) is 0 Å². The van der Waals surface area contributed by atoms with Crippen molar-refractivity contribution in [3.63, 3.8) is 0 Å². The highest BCUT2D eigenvalue weighted by Crippen LogP contribution is 2.17. The minimum absolute atomic E-state index is 0.600. The zero-order valence-corrected chi connectivity index (χ0v) is 10.4. The molecular formula is C10H15BrN2O2. The van der Waals surface area contributed by atoms with Gasteiger partial charge in [-0.25, -0.2) is 0 Å². The van der Waals surface area contributed by atoms with E-state index in [9.17, 15) is 0 Å². The van der Waals surface area contributed by atoms with Gasteiger partial charge < -0.3 is 9.26 Å². The molecule has 5 heteroatoms. The standard InChI is InChI=1S/C10H15BrN2O2/c1-13(8-2-4-14-5-3-8)7-9-6-10(11)12-15-9/h6,8H,2-5,7H2,1H3. The first-order valence-corrected chi connectivity index (χ1v) is 5.94. The van der Waals surface area contributed by atoms with E-state index in [4.69, 9.17) is 9.26 Å². The zero-order chi connectivity index (χ0) is 10.7. The molecule has 0 aromatic carbocycles. The molecule has 84 valence electrons. The van der Waals surface area contributed by atoms with E-state index < -0.39 is 0 Å². The van der Waals surface area contributed by atoms with Gasteiger partial charge in [-0.3, -0.25) is 4.90 Å². The lowest BCUT2D eigenvalue weighted by Gasteiger charge is -2.30. The first kappa shape index (κ1) is 11.1. The summed E-state index contributed by atoms with van der Waals surface area (Å²) >= 11 is 3.27. The van der Waals surface area contributed by atoms with E-state index in [1.165, 1.54) is 0 Å². The second-order valence-corrected chi connectivity index (χ2v) is 4.69. The number of aromatic nitrogens is 1. The minimum atomic E-state index is 0.600. The molecule has 1 aliphatic rings. The summed E-state index contributed by atoms with van der Waals surface area (Å²) in [6.07, 6.45) is 2.21. The normalized spacial score (nSPS) is 18.6. The second-order valence-electron chi connectivity index (χ2n) is 3.87. The fraction of sp³-hybridized carbons (Fsp3) is 0.700. The Kier molecular flexibility index (Phi) is 3.77. The molecule has 1 saturated heterocycles. The van der Waals surface area contributed by atoms with Crippen LogP contribution in [0.2, 0.25) is 0 Å². The maximum atomic E-state index is 5.33. The average Bonchev–Trinajstić information content (AvgIpc) is 2.65. The Hall–Kier alpha value is -0.390. The van der Waals surface area contributed by atoms with Gasteiger partial charge in [-0.05, 0) is 35.8 Å². The first-order chi connectivity index (χ1) is 7.25. The molecule has 0 aliphatic carbocycles. The summed E-state index contributed by atoms with van der Waals surface area (Å²) in [4.78, 5) is 2.30. The van der Waals surface area contributed by atoms with Crippen molar-refractivity contribution in [2.75, 3.05) is 20.3 Å². The summed E-state index contributed by atoms with van der Waals surface area (Å²) in [5, 5.41) is 3.81. The lowest BCUT2D eigenvalue weighted by atomic mass is 10.1. The van der Waals surface area contributed by atoms with Crippen molar-refractivity contribution < 1.29 is 9.26 Å². The predicted octanol–water partition coefficient (Wildman–Crippen LogP) is 2.05. The van der Waals surface area contributed by atoms with Gasteiger partial charge in [-0.15, -0.1) is 0 Å². The summed E-state index contributed by atoms with van der Waals surface area (Å²) in [6.45, 7) is 2.55. The predicted molar refractivity (Wildman–Crippen MR) is 59.5 cm³/mol. The van der Waals surface area contributed by atoms with Crippen LogP contribution in [0.4, 0.5) is 0 Å². The van der Waals surface area contributed by atoms with Gasteiger partial charge in [0.15, 0.2) is 5.76 Å². The van der Waals surface area contributed by atoms with E-state index in [1.54, 1.807) is 0 Å². The van der Waals surface area contributed by atoms with Crippen LogP contribution >= 0.6 is 15.9 Å². The van der Waals surface area contributed by atoms with E-state index in [2.05, 4.69) is 33.0 Å². The van der Waals surface area contributed by atoms with Crippen LogP contribution in [0.5, 0.6) is 0 Å². The summed E-state index contributed by atoms with van der Waals surface area (Å²) in [5.41, 5.74) is 0. The molecule has 0 atom stereocenters. The summed E-state index contributed by atoms with van der Waals surface area (Å²) in [5.74, 6) is 0.899. The van der Waals surface area contributed by atoms with Crippen molar-refractivity contribution in [3.05, 3.63) is 16.4 Å². The fourth-order valence-electron chi connectivity index (χ4n) is 1.86. The largest absolute Gasteiger partial charge is 0.381 e. The van der Waals surface area contributed by atoms with Gasteiger partial charge in [0.1, 0.15) is 4.60 Å². The van der Waals surface area contributed by atoms with Crippen LogP contribution in [0.3, 0.4) is 0 Å². The number of nitrogens with zero attached hydrogens (tertiary/aromatic N) is 2. The Morgan fingerprint density at radius 3 is 2.87 bits per heavy atom. The van der Waals surface area contributed by atoms with Gasteiger partial charge in [0.25, 0.3) is 0 Å². The fourth-order valence-corrected chi connectivity index (χ4v) is 2.19. The van der Waals surface area contributed by atoms with Crippen molar-refractivity contribution in [2.45, 2.75) is 25.4 Å². The molecule has 4 nitrogen and oxygen atoms in total. The van der Waals surface area contributed by atoms with E-state index in [-0.39, 0.29) is 0 Å². The van der Waals surface area contributed by atoms with Crippen molar-refractivity contribution in [1.82, 2.24) is 10.1 Å². The quantitative estimate of drug-likeness (QED) is 0.846. The van der Waals surface area contributed by atoms with Crippen LogP contribution in [-0.2, 0) is 11.3 Å². The van der Waals surface area contributed by atoms with Gasteiger partial charge in [0, 0.05) is 25.3 Å². The number of rotatable bonds is 3. The zero-order valence-electron chi connectivity index (χ0n) is 8.78. The maximum absolute atomic E-state index is 5.33. The topological polar surface area (TPSA) is 38.5 Å². The molecule has 15 heavy (non-hydrogen) atoms. The molecule has 0 bridgehead atoms. The molecule has 1 aromatic rings. The first-order valence-electron chi connectivity index (χ1n) is 5.15. The third-order valence-electron chi connectivity index (χ3n) is 2.75. The van der Waals surface area contributed by atoms with Crippen molar-refractivity contribution in [1.29, 1.82) is 0 Å². The molecule has 2 rings (SSSR count). The Bertz CT molecular complexity index is 310. The Morgan fingerprint density at radius 1 is 1.53 bits per heavy atom. The summed E-state index contributed by atoms with van der Waals surface area (Å²) < 4.78 is 11.3. The third kappa shape index (κ3) is 3.03. The Labute approximate surface area is 97.7 Å². The van der Waals surface area contributed by atoms with Crippen LogP contribution in [0.15, 0.2) is 15.2 Å². The van der Waals surface area contributed by atoms with Crippen LogP contribution in [0, 0.1) is 0 Å². The molecule has 1 aliphatic heterocycles. The summed E-state index contributed by atoms with van der Waals surface area (Å²) in [6, 6.07) is 2.51. The van der Waals surface area contributed by atoms with Crippen molar-refractivity contribution in [3.8, 4) is 0 Å². The number of hydrogen-bond donors (Lipinski definition) is 0. The van der Waals surface area contributed by atoms with Gasteiger partial charge in [-0.2, -0.15) is 0 Å². The molecular weight excluding hydrogens is 260 g/mol. The maximum Gasteiger partial charge on any atom is 0.151 e. The Morgan fingerprint density at radius 2 is 2.27 bits per heavy atom. The van der Waals surface area contributed by atoms with Gasteiger partial charge in [-0.1, -0.05) is 5.16 Å². The number of halogens is 1. The van der Waals surface area contributed by atoms with Crippen LogP contribution < -0.4 is 0 Å². The molecule has 0 saturated carbocycles. The third-order valence-corrected chi connectivity index (χ3v) is 3.12. The van der Waals surface area contributed by atoms with E-state index in [1.807, 2.05) is 6.07 Å². The minimum Gasteiger partial charge on any atom is -0.381 e. The van der Waals surface area contributed by atoms with E-state index in [0.29, 0.717) is 6.04 Å². The highest BCUT2D eigenvalue weighted by molar-refractivity contribution is 9.10. The lowest BCUT2D eigenvalue weighted by Crippen LogP contribution is -2.36. The monoisotopic (exact) mass is 274 g/mol. The molecule has 0 radical (unpaired) electrons. The molecule has 0 spiro atoms. The van der Waals surface area contributed by atoms with Crippen LogP contribution in [-0.4, -0.2) is 36.4 Å². The second kappa shape index (κ2) is 5.09. The van der Waals surface area contributed by atoms with Gasteiger partial charge in [0.05, 0.1) is 6.54 Å². The molecule has 1 fully saturated rings. The Balaban J connectivity index is 1.88. The molecule has 0 unspecified atom stereocenters. The van der Waals surface area contributed by atoms with Crippen molar-refractivity contribution in [2.24, 2.45) is 0 Å². The van der Waals surface area contributed by atoms with E-state index in [0.717, 1.165) is 43.0 Å². The highest BCUT2D eigenvalue weighted by atomic mass is 79.9. The average molecular weight is 275 g/mol. The highest BCUT2D eigenvalue weighted by Gasteiger charge is 2.19.